The van der Waals surface area contributed by atoms with Crippen molar-refractivity contribution >= 4 is 15.7 Å². The summed E-state index contributed by atoms with van der Waals surface area (Å²) in [5.41, 5.74) is 0.174. The molecule has 0 bridgehead atoms. The van der Waals surface area contributed by atoms with Crippen molar-refractivity contribution in [2.24, 2.45) is 0 Å². The molecule has 1 amide bonds. The minimum atomic E-state index is -3.88. The highest BCUT2D eigenvalue weighted by Crippen LogP contribution is 2.31. The second-order valence-corrected chi connectivity index (χ2v) is 8.60. The van der Waals surface area contributed by atoms with E-state index in [1.165, 1.54) is 39.7 Å². The summed E-state index contributed by atoms with van der Waals surface area (Å²) >= 11 is 0. The minimum absolute atomic E-state index is 0.0822. The van der Waals surface area contributed by atoms with Gasteiger partial charge in [-0.25, -0.2) is 8.42 Å². The van der Waals surface area contributed by atoms with E-state index < -0.39 is 21.0 Å². The lowest BCUT2D eigenvalue weighted by molar-refractivity contribution is 0.0947. The monoisotopic (exact) mass is 445 g/mol. The Bertz CT molecular complexity index is 1100. The molecule has 164 valence electrons. The number of carbonyl (C=O) groups is 1. The number of ether oxygens (including phenoxy) is 3. The molecule has 0 aliphatic carbocycles. The van der Waals surface area contributed by atoms with E-state index in [-0.39, 0.29) is 22.8 Å². The van der Waals surface area contributed by atoms with Gasteiger partial charge in [-0.1, -0.05) is 6.07 Å². The van der Waals surface area contributed by atoms with E-state index in [0.29, 0.717) is 17.2 Å². The second-order valence-electron chi connectivity index (χ2n) is 6.47. The third-order valence-corrected chi connectivity index (χ3v) is 6.80. The van der Waals surface area contributed by atoms with Crippen LogP contribution < -0.4 is 19.5 Å². The van der Waals surface area contributed by atoms with Crippen molar-refractivity contribution in [2.75, 3.05) is 27.9 Å². The molecule has 2 aromatic carbocycles. The summed E-state index contributed by atoms with van der Waals surface area (Å²) < 4.78 is 47.6. The van der Waals surface area contributed by atoms with Crippen molar-refractivity contribution in [1.29, 1.82) is 0 Å². The summed E-state index contributed by atoms with van der Waals surface area (Å²) in [5, 5.41) is 1.53. The molecular formula is C22H23NO7S. The second kappa shape index (κ2) is 9.57. The van der Waals surface area contributed by atoms with Crippen LogP contribution in [0, 0.1) is 0 Å². The summed E-state index contributed by atoms with van der Waals surface area (Å²) in [6.07, 6.45) is 1.39. The van der Waals surface area contributed by atoms with E-state index >= 15 is 0 Å². The van der Waals surface area contributed by atoms with Crippen molar-refractivity contribution in [3.63, 3.8) is 0 Å². The molecule has 0 saturated heterocycles. The third-order valence-electron chi connectivity index (χ3n) is 4.73. The summed E-state index contributed by atoms with van der Waals surface area (Å²) in [4.78, 5) is 13.0. The van der Waals surface area contributed by atoms with Crippen LogP contribution in [0.3, 0.4) is 0 Å². The van der Waals surface area contributed by atoms with Crippen LogP contribution in [0.15, 0.2) is 70.2 Å². The van der Waals surface area contributed by atoms with Crippen LogP contribution in [0.2, 0.25) is 0 Å². The number of rotatable bonds is 9. The maximum atomic E-state index is 13.3. The molecule has 3 rings (SSSR count). The van der Waals surface area contributed by atoms with E-state index in [0.717, 1.165) is 0 Å². The van der Waals surface area contributed by atoms with Crippen molar-refractivity contribution in [3.05, 3.63) is 72.2 Å². The van der Waals surface area contributed by atoms with Gasteiger partial charge in [-0.15, -0.1) is 0 Å². The first kappa shape index (κ1) is 22.2. The average Bonchev–Trinajstić information content (AvgIpc) is 3.32. The predicted molar refractivity (Wildman–Crippen MR) is 114 cm³/mol. The lowest BCUT2D eigenvalue weighted by Gasteiger charge is -2.18. The Morgan fingerprint density at radius 3 is 2.10 bits per heavy atom. The molecule has 0 aliphatic heterocycles. The first-order valence-corrected chi connectivity index (χ1v) is 10.9. The first-order chi connectivity index (χ1) is 14.9. The molecule has 8 nitrogen and oxygen atoms in total. The van der Waals surface area contributed by atoms with Gasteiger partial charge in [0.2, 0.25) is 0 Å². The molecular weight excluding hydrogens is 422 g/mol. The molecule has 0 fully saturated rings. The Balaban J connectivity index is 1.91. The molecule has 1 heterocycles. The SMILES string of the molecule is COc1ccc(S(=O)(=O)[C@@H](CNC(=O)c2c(OC)cccc2OC)c2ccco2)cc1. The zero-order valence-corrected chi connectivity index (χ0v) is 18.1. The molecule has 3 aromatic rings. The Labute approximate surface area is 180 Å². The number of sulfone groups is 1. The Hall–Kier alpha value is -3.46. The van der Waals surface area contributed by atoms with Crippen LogP contribution in [0.25, 0.3) is 0 Å². The van der Waals surface area contributed by atoms with Crippen molar-refractivity contribution < 1.29 is 31.8 Å². The fraction of sp³-hybridized carbons (Fsp3) is 0.227. The summed E-state index contributed by atoms with van der Waals surface area (Å²) in [6, 6.07) is 14.1. The molecule has 9 heteroatoms. The number of hydrogen-bond donors (Lipinski definition) is 1. The van der Waals surface area contributed by atoms with Gasteiger partial charge in [0.1, 0.15) is 33.8 Å². The normalized spacial score (nSPS) is 12.1. The van der Waals surface area contributed by atoms with E-state index in [1.54, 1.807) is 42.5 Å². The van der Waals surface area contributed by atoms with E-state index in [1.807, 2.05) is 0 Å². The molecule has 1 atom stereocenters. The van der Waals surface area contributed by atoms with Gasteiger partial charge < -0.3 is 23.9 Å². The van der Waals surface area contributed by atoms with E-state index in [4.69, 9.17) is 18.6 Å². The quantitative estimate of drug-likeness (QED) is 0.539. The van der Waals surface area contributed by atoms with Gasteiger partial charge in [0.25, 0.3) is 5.91 Å². The van der Waals surface area contributed by atoms with Gasteiger partial charge >= 0.3 is 0 Å². The number of benzene rings is 2. The first-order valence-electron chi connectivity index (χ1n) is 9.33. The number of amides is 1. The molecule has 0 aliphatic rings. The molecule has 1 N–H and O–H groups in total. The number of furan rings is 1. The fourth-order valence-electron chi connectivity index (χ4n) is 3.12. The van der Waals surface area contributed by atoms with Gasteiger partial charge in [-0.05, 0) is 48.5 Å². The maximum Gasteiger partial charge on any atom is 0.258 e. The predicted octanol–water partition coefficient (Wildman–Crippen LogP) is 3.25. The zero-order chi connectivity index (χ0) is 22.4. The number of hydrogen-bond acceptors (Lipinski definition) is 7. The maximum absolute atomic E-state index is 13.3. The molecule has 0 unspecified atom stereocenters. The molecule has 0 spiro atoms. The van der Waals surface area contributed by atoms with Crippen LogP contribution in [-0.4, -0.2) is 42.2 Å². The molecule has 31 heavy (non-hydrogen) atoms. The summed E-state index contributed by atoms with van der Waals surface area (Å²) in [7, 11) is 0.484. The van der Waals surface area contributed by atoms with Gasteiger partial charge in [0.15, 0.2) is 9.84 Å². The Kier molecular flexibility index (Phi) is 6.86. The molecule has 1 aromatic heterocycles. The van der Waals surface area contributed by atoms with Crippen LogP contribution >= 0.6 is 0 Å². The topological polar surface area (TPSA) is 104 Å². The Morgan fingerprint density at radius 2 is 1.58 bits per heavy atom. The van der Waals surface area contributed by atoms with Crippen LogP contribution in [0.5, 0.6) is 17.2 Å². The number of nitrogens with one attached hydrogen (secondary N) is 1. The van der Waals surface area contributed by atoms with Crippen molar-refractivity contribution in [3.8, 4) is 17.2 Å². The zero-order valence-electron chi connectivity index (χ0n) is 17.3. The smallest absolute Gasteiger partial charge is 0.258 e. The molecule has 0 radical (unpaired) electrons. The van der Waals surface area contributed by atoms with Gasteiger partial charge in [-0.3, -0.25) is 4.79 Å². The van der Waals surface area contributed by atoms with Crippen LogP contribution in [0.4, 0.5) is 0 Å². The minimum Gasteiger partial charge on any atom is -0.497 e. The summed E-state index contributed by atoms with van der Waals surface area (Å²) in [6.45, 7) is -0.220. The number of methoxy groups -OCH3 is 3. The Morgan fingerprint density at radius 1 is 0.935 bits per heavy atom. The van der Waals surface area contributed by atoms with E-state index in [9.17, 15) is 13.2 Å². The average molecular weight is 445 g/mol. The lowest BCUT2D eigenvalue weighted by atomic mass is 10.1. The van der Waals surface area contributed by atoms with Crippen molar-refractivity contribution in [1.82, 2.24) is 5.32 Å². The molecule has 0 saturated carbocycles. The van der Waals surface area contributed by atoms with Crippen LogP contribution in [-0.2, 0) is 9.84 Å². The highest BCUT2D eigenvalue weighted by molar-refractivity contribution is 7.91. The lowest BCUT2D eigenvalue weighted by Crippen LogP contribution is -2.32. The fourth-order valence-corrected chi connectivity index (χ4v) is 4.70. The van der Waals surface area contributed by atoms with Gasteiger partial charge in [0.05, 0.1) is 32.5 Å². The van der Waals surface area contributed by atoms with Crippen molar-refractivity contribution in [2.45, 2.75) is 10.1 Å². The van der Waals surface area contributed by atoms with Gasteiger partial charge in [-0.2, -0.15) is 0 Å². The third kappa shape index (κ3) is 4.66. The largest absolute Gasteiger partial charge is 0.497 e. The summed E-state index contributed by atoms with van der Waals surface area (Å²) in [5.74, 6) is 0.831. The highest BCUT2D eigenvalue weighted by atomic mass is 32.2. The number of carbonyl (C=O) groups excluding carboxylic acids is 1. The standard InChI is InChI=1S/C22H23NO7S/c1-27-15-9-11-16(12-10-15)31(25,26)20(17-8-5-13-30-17)14-23-22(24)21-18(28-2)6-4-7-19(21)29-3/h4-13,20H,14H2,1-3H3,(H,23,24)/t20-/m0/s1. The highest BCUT2D eigenvalue weighted by Gasteiger charge is 2.32. The van der Waals surface area contributed by atoms with E-state index in [2.05, 4.69) is 5.32 Å². The van der Waals surface area contributed by atoms with Crippen LogP contribution in [0.1, 0.15) is 21.4 Å². The van der Waals surface area contributed by atoms with Gasteiger partial charge in [0, 0.05) is 6.54 Å².